The minimum Gasteiger partial charge on any atom is -0.250 e. The van der Waals surface area contributed by atoms with Gasteiger partial charge >= 0.3 is 0 Å². The minimum absolute atomic E-state index is 0.168. The molecule has 0 radical (unpaired) electrons. The van der Waals surface area contributed by atoms with Gasteiger partial charge in [0.05, 0.1) is 0 Å². The Labute approximate surface area is 141 Å². The smallest absolute Gasteiger partial charge is 0.102 e. The van der Waals surface area contributed by atoms with Crippen molar-refractivity contribution in [3.63, 3.8) is 0 Å². The monoisotopic (exact) mass is 336 g/mol. The maximum atomic E-state index is 13.5. The Kier molecular flexibility index (Phi) is 13.5. The van der Waals surface area contributed by atoms with Gasteiger partial charge in [-0.3, -0.25) is 0 Å². The summed E-state index contributed by atoms with van der Waals surface area (Å²) in [6.07, 6.45) is 11.5. The van der Waals surface area contributed by atoms with E-state index in [9.17, 15) is 4.39 Å². The molecule has 0 aromatic rings. The molecule has 2 atom stereocenters. The van der Waals surface area contributed by atoms with E-state index < -0.39 is 0 Å². The van der Waals surface area contributed by atoms with E-state index in [4.69, 9.17) is 0 Å². The van der Waals surface area contributed by atoms with Gasteiger partial charge in [-0.25, -0.2) is 4.39 Å². The molecule has 0 spiro atoms. The molecule has 3 heteroatoms. The standard InChI is InChI=1S/C18H37FS2/c1-6-8-10-12-14-16(13-11-9-7-2)17(15-19)20-21-18(3,4)5/h16-17H,6-15H2,1-5H3. The zero-order valence-corrected chi connectivity index (χ0v) is 16.6. The predicted molar refractivity (Wildman–Crippen MR) is 101 cm³/mol. The van der Waals surface area contributed by atoms with Crippen molar-refractivity contribution in [3.05, 3.63) is 0 Å². The second-order valence-electron chi connectivity index (χ2n) is 7.09. The topological polar surface area (TPSA) is 0 Å². The van der Waals surface area contributed by atoms with Gasteiger partial charge in [-0.2, -0.15) is 0 Å². The van der Waals surface area contributed by atoms with E-state index in [0.717, 1.165) is 0 Å². The summed E-state index contributed by atoms with van der Waals surface area (Å²) >= 11 is 0. The number of rotatable bonds is 13. The molecule has 0 rings (SSSR count). The Balaban J connectivity index is 4.33. The molecule has 0 fully saturated rings. The SMILES string of the molecule is CCCCCCC(CCCCC)C(CF)SSC(C)(C)C. The minimum atomic E-state index is -0.168. The molecule has 0 heterocycles. The van der Waals surface area contributed by atoms with Crippen molar-refractivity contribution in [1.29, 1.82) is 0 Å². The first kappa shape index (κ1) is 21.6. The van der Waals surface area contributed by atoms with Crippen molar-refractivity contribution in [1.82, 2.24) is 0 Å². The van der Waals surface area contributed by atoms with Gasteiger partial charge in [-0.1, -0.05) is 101 Å². The summed E-state index contributed by atoms with van der Waals surface area (Å²) in [6.45, 7) is 11.0. The molecule has 21 heavy (non-hydrogen) atoms. The van der Waals surface area contributed by atoms with Gasteiger partial charge in [0, 0.05) is 10.00 Å². The van der Waals surface area contributed by atoms with Crippen LogP contribution in [-0.2, 0) is 0 Å². The highest BCUT2D eigenvalue weighted by atomic mass is 33.1. The Morgan fingerprint density at radius 1 is 0.857 bits per heavy atom. The lowest BCUT2D eigenvalue weighted by Crippen LogP contribution is -2.20. The molecular formula is C18H37FS2. The lowest BCUT2D eigenvalue weighted by Gasteiger charge is -2.27. The summed E-state index contributed by atoms with van der Waals surface area (Å²) in [4.78, 5) is 0. The normalized spacial score (nSPS) is 15.1. The fraction of sp³-hybridized carbons (Fsp3) is 1.00. The molecular weight excluding hydrogens is 299 g/mol. The Morgan fingerprint density at radius 2 is 1.38 bits per heavy atom. The highest BCUT2D eigenvalue weighted by molar-refractivity contribution is 8.77. The second kappa shape index (κ2) is 13.1. The van der Waals surface area contributed by atoms with Gasteiger partial charge < -0.3 is 0 Å². The fourth-order valence-electron chi connectivity index (χ4n) is 2.44. The summed E-state index contributed by atoms with van der Waals surface area (Å²) in [6, 6.07) is 0. The van der Waals surface area contributed by atoms with E-state index in [-0.39, 0.29) is 16.7 Å². The van der Waals surface area contributed by atoms with Crippen LogP contribution in [0, 0.1) is 5.92 Å². The van der Waals surface area contributed by atoms with Crippen molar-refractivity contribution in [2.45, 2.75) is 102 Å². The Hall–Kier alpha value is 0.630. The molecule has 0 saturated heterocycles. The number of unbranched alkanes of at least 4 members (excludes halogenated alkanes) is 5. The van der Waals surface area contributed by atoms with Crippen molar-refractivity contribution in [2.24, 2.45) is 5.92 Å². The molecule has 0 saturated carbocycles. The fourth-order valence-corrected chi connectivity index (χ4v) is 5.20. The lowest BCUT2D eigenvalue weighted by atomic mass is 9.92. The Bertz CT molecular complexity index is 226. The molecule has 0 amide bonds. The van der Waals surface area contributed by atoms with Crippen molar-refractivity contribution in [3.8, 4) is 0 Å². The largest absolute Gasteiger partial charge is 0.250 e. The molecule has 0 nitrogen and oxygen atoms in total. The van der Waals surface area contributed by atoms with Crippen LogP contribution in [0.25, 0.3) is 0 Å². The maximum Gasteiger partial charge on any atom is 0.102 e. The molecule has 0 N–H and O–H groups in total. The van der Waals surface area contributed by atoms with E-state index in [1.54, 1.807) is 10.8 Å². The van der Waals surface area contributed by atoms with E-state index in [0.29, 0.717) is 5.92 Å². The van der Waals surface area contributed by atoms with E-state index in [2.05, 4.69) is 34.6 Å². The first-order chi connectivity index (χ1) is 9.94. The molecule has 0 aliphatic heterocycles. The average molecular weight is 337 g/mol. The first-order valence-corrected chi connectivity index (χ1v) is 11.1. The lowest BCUT2D eigenvalue weighted by molar-refractivity contribution is 0.346. The van der Waals surface area contributed by atoms with Gasteiger partial charge in [0.15, 0.2) is 0 Å². The van der Waals surface area contributed by atoms with Crippen molar-refractivity contribution < 1.29 is 4.39 Å². The summed E-state index contributed by atoms with van der Waals surface area (Å²) in [5, 5.41) is 0.188. The molecule has 0 aliphatic carbocycles. The second-order valence-corrected chi connectivity index (χ2v) is 10.4. The highest BCUT2D eigenvalue weighted by Gasteiger charge is 2.24. The average Bonchev–Trinajstić information content (AvgIpc) is 2.42. The van der Waals surface area contributed by atoms with Gasteiger partial charge in [0.1, 0.15) is 6.67 Å². The summed E-state index contributed by atoms with van der Waals surface area (Å²) in [5.74, 6) is 0.568. The summed E-state index contributed by atoms with van der Waals surface area (Å²) < 4.78 is 13.7. The van der Waals surface area contributed by atoms with Crippen molar-refractivity contribution >= 4 is 21.6 Å². The van der Waals surface area contributed by atoms with Crippen LogP contribution in [0.4, 0.5) is 4.39 Å². The van der Waals surface area contributed by atoms with Crippen LogP contribution >= 0.6 is 21.6 Å². The first-order valence-electron chi connectivity index (χ1n) is 8.85. The van der Waals surface area contributed by atoms with E-state index in [1.165, 1.54) is 57.8 Å². The zero-order valence-electron chi connectivity index (χ0n) is 14.9. The van der Waals surface area contributed by atoms with E-state index in [1.807, 2.05) is 10.8 Å². The van der Waals surface area contributed by atoms with Crippen LogP contribution in [0.2, 0.25) is 0 Å². The number of halogens is 1. The summed E-state index contributed by atoms with van der Waals surface area (Å²) in [7, 11) is 3.65. The molecule has 0 bridgehead atoms. The van der Waals surface area contributed by atoms with Crippen LogP contribution < -0.4 is 0 Å². The zero-order chi connectivity index (χ0) is 16.1. The number of hydrogen-bond donors (Lipinski definition) is 0. The molecule has 128 valence electrons. The van der Waals surface area contributed by atoms with Gasteiger partial charge in [-0.15, -0.1) is 0 Å². The summed E-state index contributed by atoms with van der Waals surface area (Å²) in [5.41, 5.74) is 0. The van der Waals surface area contributed by atoms with Gasteiger partial charge in [0.25, 0.3) is 0 Å². The third-order valence-corrected chi connectivity index (χ3v) is 7.59. The quantitative estimate of drug-likeness (QED) is 0.250. The van der Waals surface area contributed by atoms with Gasteiger partial charge in [0.2, 0.25) is 0 Å². The molecule has 0 aliphatic rings. The van der Waals surface area contributed by atoms with Crippen LogP contribution in [0.3, 0.4) is 0 Å². The van der Waals surface area contributed by atoms with Crippen LogP contribution in [0.1, 0.15) is 92.4 Å². The van der Waals surface area contributed by atoms with Gasteiger partial charge in [-0.05, 0) is 18.8 Å². The number of alkyl halides is 1. The van der Waals surface area contributed by atoms with Crippen LogP contribution in [0.5, 0.6) is 0 Å². The number of hydrogen-bond acceptors (Lipinski definition) is 2. The van der Waals surface area contributed by atoms with Crippen molar-refractivity contribution in [2.75, 3.05) is 6.67 Å². The third-order valence-electron chi connectivity index (χ3n) is 3.71. The molecule has 2 unspecified atom stereocenters. The molecule has 0 aromatic heterocycles. The van der Waals surface area contributed by atoms with Crippen LogP contribution in [0.15, 0.2) is 0 Å². The predicted octanol–water partition coefficient (Wildman–Crippen LogP) is 7.67. The maximum absolute atomic E-state index is 13.5. The van der Waals surface area contributed by atoms with E-state index >= 15 is 0 Å². The van der Waals surface area contributed by atoms with Crippen LogP contribution in [-0.4, -0.2) is 16.7 Å². The highest BCUT2D eigenvalue weighted by Crippen LogP contribution is 2.42. The third kappa shape index (κ3) is 12.8. The molecule has 0 aromatic carbocycles. The Morgan fingerprint density at radius 3 is 1.86 bits per heavy atom.